The molecule has 2 aliphatic rings. The lowest BCUT2D eigenvalue weighted by atomic mass is 10.0. The highest BCUT2D eigenvalue weighted by atomic mass is 32.2. The van der Waals surface area contributed by atoms with Crippen LogP contribution >= 0.6 is 0 Å². The van der Waals surface area contributed by atoms with Gasteiger partial charge < -0.3 is 10.2 Å². The Hall–Kier alpha value is -3.57. The predicted molar refractivity (Wildman–Crippen MR) is 127 cm³/mol. The summed E-state index contributed by atoms with van der Waals surface area (Å²) in [4.78, 5) is 51.3. The number of carbonyl (C=O) groups excluding carboxylic acids is 4. The van der Waals surface area contributed by atoms with Gasteiger partial charge in [0.05, 0.1) is 4.90 Å². The average Bonchev–Trinajstić information content (AvgIpc) is 2.83. The summed E-state index contributed by atoms with van der Waals surface area (Å²) >= 11 is 0. The van der Waals surface area contributed by atoms with Crippen LogP contribution in [-0.2, 0) is 42.0 Å². The molecule has 10 nitrogen and oxygen atoms in total. The van der Waals surface area contributed by atoms with Crippen LogP contribution in [0.2, 0.25) is 0 Å². The first-order valence-electron chi connectivity index (χ1n) is 11.3. The van der Waals surface area contributed by atoms with Crippen molar-refractivity contribution < 1.29 is 27.6 Å². The lowest BCUT2D eigenvalue weighted by Crippen LogP contribution is -2.56. The first kappa shape index (κ1) is 24.6. The second kappa shape index (κ2) is 10.4. The van der Waals surface area contributed by atoms with Gasteiger partial charge in [-0.25, -0.2) is 13.1 Å². The van der Waals surface area contributed by atoms with Gasteiger partial charge in [-0.05, 0) is 42.2 Å². The van der Waals surface area contributed by atoms with Crippen LogP contribution in [0.15, 0.2) is 53.4 Å². The van der Waals surface area contributed by atoms with Crippen molar-refractivity contribution in [2.24, 2.45) is 0 Å². The minimum Gasteiger partial charge on any atom is -0.326 e. The molecule has 0 saturated carbocycles. The summed E-state index contributed by atoms with van der Waals surface area (Å²) in [6.45, 7) is -0.370. The van der Waals surface area contributed by atoms with Crippen molar-refractivity contribution in [3.63, 3.8) is 0 Å². The normalized spacial score (nSPS) is 16.2. The summed E-state index contributed by atoms with van der Waals surface area (Å²) in [7, 11) is -3.87. The standard InChI is InChI=1S/C24H26N4O6S/c29-21-9-6-18-14-19(7-8-20(18)26-21)35(33,34)25-12-10-22(30)27-15-23(31)28(24(32)16-27)13-11-17-4-2-1-3-5-17/h1-5,7-8,14,25H,6,9-13,15-16H2,(H,26,29). The molecule has 0 atom stereocenters. The zero-order valence-electron chi connectivity index (χ0n) is 19.0. The lowest BCUT2D eigenvalue weighted by Gasteiger charge is -2.32. The van der Waals surface area contributed by atoms with Crippen molar-refractivity contribution in [3.05, 3.63) is 59.7 Å². The van der Waals surface area contributed by atoms with Gasteiger partial charge in [0.1, 0.15) is 13.1 Å². The van der Waals surface area contributed by atoms with E-state index >= 15 is 0 Å². The third-order valence-corrected chi connectivity index (χ3v) is 7.45. The molecule has 0 radical (unpaired) electrons. The van der Waals surface area contributed by atoms with E-state index in [9.17, 15) is 27.6 Å². The number of nitrogens with zero attached hydrogens (tertiary/aromatic N) is 2. The summed E-state index contributed by atoms with van der Waals surface area (Å²) in [6.07, 6.45) is 1.08. The third kappa shape index (κ3) is 5.92. The van der Waals surface area contributed by atoms with E-state index in [1.807, 2.05) is 30.3 Å². The molecule has 0 unspecified atom stereocenters. The maximum absolute atomic E-state index is 12.6. The van der Waals surface area contributed by atoms with E-state index in [1.165, 1.54) is 12.1 Å². The van der Waals surface area contributed by atoms with Gasteiger partial charge in [0.25, 0.3) is 0 Å². The van der Waals surface area contributed by atoms with Gasteiger partial charge in [0.2, 0.25) is 33.7 Å². The van der Waals surface area contributed by atoms with Crippen LogP contribution in [0, 0.1) is 0 Å². The summed E-state index contributed by atoms with van der Waals surface area (Å²) in [5, 5.41) is 2.70. The number of carbonyl (C=O) groups is 4. The number of hydrogen-bond donors (Lipinski definition) is 2. The second-order valence-electron chi connectivity index (χ2n) is 8.44. The minimum absolute atomic E-state index is 0.0391. The summed E-state index contributed by atoms with van der Waals surface area (Å²) in [5.41, 5.74) is 2.32. The number of amides is 4. The third-order valence-electron chi connectivity index (χ3n) is 5.99. The topological polar surface area (TPSA) is 133 Å². The molecule has 2 aromatic carbocycles. The molecule has 0 bridgehead atoms. The molecule has 11 heteroatoms. The molecule has 2 N–H and O–H groups in total. The Bertz CT molecular complexity index is 1240. The average molecular weight is 499 g/mol. The highest BCUT2D eigenvalue weighted by Gasteiger charge is 2.33. The molecular weight excluding hydrogens is 472 g/mol. The summed E-state index contributed by atoms with van der Waals surface area (Å²) in [6, 6.07) is 13.9. The first-order chi connectivity index (χ1) is 16.7. The summed E-state index contributed by atoms with van der Waals surface area (Å²) in [5.74, 6) is -1.50. The molecule has 1 fully saturated rings. The van der Waals surface area contributed by atoms with Crippen molar-refractivity contribution in [3.8, 4) is 0 Å². The number of sulfonamides is 1. The molecule has 2 heterocycles. The predicted octanol–water partition coefficient (Wildman–Crippen LogP) is 0.680. The molecule has 2 aromatic rings. The number of nitrogens with one attached hydrogen (secondary N) is 2. The number of benzene rings is 2. The Balaban J connectivity index is 1.27. The van der Waals surface area contributed by atoms with Gasteiger partial charge >= 0.3 is 0 Å². The maximum atomic E-state index is 12.6. The van der Waals surface area contributed by atoms with Crippen LogP contribution < -0.4 is 10.0 Å². The number of hydrogen-bond acceptors (Lipinski definition) is 6. The van der Waals surface area contributed by atoms with E-state index < -0.39 is 27.7 Å². The quantitative estimate of drug-likeness (QED) is 0.515. The molecule has 1 saturated heterocycles. The first-order valence-corrected chi connectivity index (χ1v) is 12.8. The molecule has 0 aliphatic carbocycles. The zero-order valence-corrected chi connectivity index (χ0v) is 19.8. The largest absolute Gasteiger partial charge is 0.326 e. The van der Waals surface area contributed by atoms with Gasteiger partial charge in [-0.1, -0.05) is 30.3 Å². The van der Waals surface area contributed by atoms with Gasteiger partial charge in [0, 0.05) is 31.6 Å². The Morgan fingerprint density at radius 1 is 0.971 bits per heavy atom. The Labute approximate surface area is 203 Å². The molecular formula is C24H26N4O6S. The Kier molecular flexibility index (Phi) is 7.27. The number of aryl methyl sites for hydroxylation is 1. The van der Waals surface area contributed by atoms with Crippen LogP contribution in [0.3, 0.4) is 0 Å². The van der Waals surface area contributed by atoms with Crippen molar-refractivity contribution in [2.45, 2.75) is 30.6 Å². The van der Waals surface area contributed by atoms with Gasteiger partial charge in [-0.3, -0.25) is 24.1 Å². The van der Waals surface area contributed by atoms with E-state index in [-0.39, 0.29) is 49.8 Å². The van der Waals surface area contributed by atoms with Crippen LogP contribution in [0.25, 0.3) is 0 Å². The number of anilines is 1. The van der Waals surface area contributed by atoms with E-state index in [0.717, 1.165) is 20.9 Å². The van der Waals surface area contributed by atoms with Crippen molar-refractivity contribution in [1.29, 1.82) is 0 Å². The number of imide groups is 1. The van der Waals surface area contributed by atoms with E-state index in [4.69, 9.17) is 0 Å². The fourth-order valence-electron chi connectivity index (χ4n) is 4.06. The molecule has 35 heavy (non-hydrogen) atoms. The van der Waals surface area contributed by atoms with Crippen molar-refractivity contribution in [1.82, 2.24) is 14.5 Å². The molecule has 0 spiro atoms. The number of piperazine rings is 1. The number of fused-ring (bicyclic) bond motifs is 1. The van der Waals surface area contributed by atoms with E-state index in [1.54, 1.807) is 6.07 Å². The van der Waals surface area contributed by atoms with Crippen LogP contribution in [0.1, 0.15) is 24.0 Å². The Morgan fingerprint density at radius 3 is 2.40 bits per heavy atom. The Morgan fingerprint density at radius 2 is 1.69 bits per heavy atom. The highest BCUT2D eigenvalue weighted by Crippen LogP contribution is 2.25. The molecule has 4 amide bonds. The monoisotopic (exact) mass is 498 g/mol. The molecule has 4 rings (SSSR count). The smallest absolute Gasteiger partial charge is 0.248 e. The van der Waals surface area contributed by atoms with E-state index in [2.05, 4.69) is 10.0 Å². The zero-order chi connectivity index (χ0) is 25.0. The maximum Gasteiger partial charge on any atom is 0.248 e. The van der Waals surface area contributed by atoms with Crippen molar-refractivity contribution >= 4 is 39.3 Å². The minimum atomic E-state index is -3.87. The second-order valence-corrected chi connectivity index (χ2v) is 10.2. The van der Waals surface area contributed by atoms with Gasteiger partial charge in [0.15, 0.2) is 0 Å². The number of rotatable bonds is 8. The van der Waals surface area contributed by atoms with Crippen LogP contribution in [0.5, 0.6) is 0 Å². The lowest BCUT2D eigenvalue weighted by molar-refractivity contribution is -0.156. The van der Waals surface area contributed by atoms with Gasteiger partial charge in [-0.15, -0.1) is 0 Å². The van der Waals surface area contributed by atoms with Crippen LogP contribution in [-0.4, -0.2) is 68.0 Å². The van der Waals surface area contributed by atoms with Crippen molar-refractivity contribution in [2.75, 3.05) is 31.5 Å². The fourth-order valence-corrected chi connectivity index (χ4v) is 5.15. The molecule has 2 aliphatic heterocycles. The fraction of sp³-hybridized carbons (Fsp3) is 0.333. The molecule has 0 aromatic heterocycles. The van der Waals surface area contributed by atoms with Crippen LogP contribution in [0.4, 0.5) is 5.69 Å². The summed E-state index contributed by atoms with van der Waals surface area (Å²) < 4.78 is 27.7. The highest BCUT2D eigenvalue weighted by molar-refractivity contribution is 7.89. The van der Waals surface area contributed by atoms with E-state index in [0.29, 0.717) is 18.5 Å². The van der Waals surface area contributed by atoms with Gasteiger partial charge in [-0.2, -0.15) is 0 Å². The SMILES string of the molecule is O=C1CCc2cc(S(=O)(=O)NCCC(=O)N3CC(=O)N(CCc4ccccc4)C(=O)C3)ccc2N1. The molecule has 184 valence electrons.